The molecule has 1 atom stereocenters. The molecule has 0 saturated carbocycles. The van der Waals surface area contributed by atoms with Crippen LogP contribution in [0.4, 0.5) is 14.5 Å². The van der Waals surface area contributed by atoms with E-state index in [0.29, 0.717) is 5.56 Å². The first-order valence-electron chi connectivity index (χ1n) is 4.12. The highest BCUT2D eigenvalue weighted by Crippen LogP contribution is 2.21. The summed E-state index contributed by atoms with van der Waals surface area (Å²) >= 11 is 0. The maximum atomic E-state index is 13.0. The minimum absolute atomic E-state index is 0.237. The first-order chi connectivity index (χ1) is 6.60. The second-order valence-corrected chi connectivity index (χ2v) is 2.92. The lowest BCUT2D eigenvalue weighted by molar-refractivity contribution is 0.250. The Labute approximate surface area is 80.5 Å². The molecule has 0 fully saturated rings. The van der Waals surface area contributed by atoms with Crippen molar-refractivity contribution in [3.8, 4) is 0 Å². The third-order valence-corrected chi connectivity index (χ3v) is 2.03. The van der Waals surface area contributed by atoms with Gasteiger partial charge in [0.1, 0.15) is 17.3 Å². The average Bonchev–Trinajstić information content (AvgIpc) is 2.16. The molecule has 0 radical (unpaired) electrons. The van der Waals surface area contributed by atoms with Gasteiger partial charge in [-0.3, -0.25) is 0 Å². The molecule has 0 bridgehead atoms. The van der Waals surface area contributed by atoms with Crippen molar-refractivity contribution in [3.63, 3.8) is 0 Å². The molecule has 0 amide bonds. The number of nitrogen functional groups attached to an aromatic ring is 1. The summed E-state index contributed by atoms with van der Waals surface area (Å²) in [5.74, 6) is -1.62. The van der Waals surface area contributed by atoms with Crippen molar-refractivity contribution in [3.05, 3.63) is 29.3 Å². The van der Waals surface area contributed by atoms with Crippen LogP contribution in [0.25, 0.3) is 0 Å². The number of aliphatic hydroxyl groups excluding tert-OH is 1. The van der Waals surface area contributed by atoms with Crippen LogP contribution in [0.3, 0.4) is 0 Å². The number of halogens is 2. The van der Waals surface area contributed by atoms with Crippen LogP contribution in [0.5, 0.6) is 0 Å². The van der Waals surface area contributed by atoms with E-state index in [2.05, 4.69) is 5.32 Å². The zero-order chi connectivity index (χ0) is 10.7. The molecule has 0 spiro atoms. The predicted octanol–water partition coefficient (Wildman–Crippen LogP) is 0.800. The molecule has 78 valence electrons. The molecule has 14 heavy (non-hydrogen) atoms. The van der Waals surface area contributed by atoms with Crippen molar-refractivity contribution in [2.75, 3.05) is 19.4 Å². The Morgan fingerprint density at radius 2 is 1.93 bits per heavy atom. The van der Waals surface area contributed by atoms with Gasteiger partial charge in [0, 0.05) is 0 Å². The van der Waals surface area contributed by atoms with Crippen molar-refractivity contribution in [2.24, 2.45) is 0 Å². The Morgan fingerprint density at radius 3 is 2.29 bits per heavy atom. The maximum absolute atomic E-state index is 13.0. The summed E-state index contributed by atoms with van der Waals surface area (Å²) in [6, 6.07) is 1.73. The third kappa shape index (κ3) is 2.00. The number of benzene rings is 1. The van der Waals surface area contributed by atoms with Crippen LogP contribution in [0.1, 0.15) is 11.6 Å². The van der Waals surface area contributed by atoms with Crippen molar-refractivity contribution >= 4 is 5.69 Å². The largest absolute Gasteiger partial charge is 0.394 e. The van der Waals surface area contributed by atoms with Gasteiger partial charge in [0.15, 0.2) is 0 Å². The van der Waals surface area contributed by atoms with Gasteiger partial charge < -0.3 is 16.2 Å². The maximum Gasteiger partial charge on any atom is 0.149 e. The number of anilines is 1. The average molecular weight is 202 g/mol. The Balaban J connectivity index is 3.11. The summed E-state index contributed by atoms with van der Waals surface area (Å²) in [4.78, 5) is 0. The number of aliphatic hydroxyl groups is 1. The lowest BCUT2D eigenvalue weighted by atomic mass is 10.1. The highest BCUT2D eigenvalue weighted by molar-refractivity contribution is 5.43. The van der Waals surface area contributed by atoms with Crippen LogP contribution in [-0.2, 0) is 0 Å². The smallest absolute Gasteiger partial charge is 0.149 e. The standard InChI is InChI=1S/C9H12F2N2O/c1-13-8(4-14)5-2-6(10)9(12)7(11)3-5/h2-3,8,13-14H,4,12H2,1H3. The molecule has 0 aliphatic carbocycles. The van der Waals surface area contributed by atoms with Crippen molar-refractivity contribution < 1.29 is 13.9 Å². The fraction of sp³-hybridized carbons (Fsp3) is 0.333. The molecule has 0 aliphatic heterocycles. The molecular weight excluding hydrogens is 190 g/mol. The van der Waals surface area contributed by atoms with E-state index in [9.17, 15) is 8.78 Å². The number of hydrogen-bond acceptors (Lipinski definition) is 3. The molecule has 1 aromatic carbocycles. The Hall–Kier alpha value is -1.20. The van der Waals surface area contributed by atoms with E-state index in [4.69, 9.17) is 10.8 Å². The highest BCUT2D eigenvalue weighted by Gasteiger charge is 2.13. The normalized spacial score (nSPS) is 12.9. The summed E-state index contributed by atoms with van der Waals surface area (Å²) in [6.07, 6.45) is 0. The first-order valence-corrected chi connectivity index (χ1v) is 4.12. The van der Waals surface area contributed by atoms with Crippen molar-refractivity contribution in [1.29, 1.82) is 0 Å². The minimum atomic E-state index is -0.811. The van der Waals surface area contributed by atoms with E-state index < -0.39 is 23.4 Å². The quantitative estimate of drug-likeness (QED) is 0.635. The van der Waals surface area contributed by atoms with Crippen LogP contribution in [0, 0.1) is 11.6 Å². The molecule has 5 heteroatoms. The number of rotatable bonds is 3. The number of likely N-dealkylation sites (N-methyl/N-ethyl adjacent to an activating group) is 1. The molecule has 0 saturated heterocycles. The van der Waals surface area contributed by atoms with Crippen LogP contribution in [0.2, 0.25) is 0 Å². The zero-order valence-corrected chi connectivity index (χ0v) is 7.72. The van der Waals surface area contributed by atoms with Gasteiger partial charge in [0.2, 0.25) is 0 Å². The van der Waals surface area contributed by atoms with Gasteiger partial charge in [-0.15, -0.1) is 0 Å². The van der Waals surface area contributed by atoms with E-state index in [0.717, 1.165) is 12.1 Å². The summed E-state index contributed by atoms with van der Waals surface area (Å²) in [7, 11) is 1.59. The SMILES string of the molecule is CNC(CO)c1cc(F)c(N)c(F)c1. The number of hydrogen-bond donors (Lipinski definition) is 3. The molecule has 1 aromatic rings. The first kappa shape index (κ1) is 10.9. The molecule has 3 nitrogen and oxygen atoms in total. The predicted molar refractivity (Wildman–Crippen MR) is 49.7 cm³/mol. The molecule has 0 aromatic heterocycles. The summed E-state index contributed by atoms with van der Waals surface area (Å²) in [5.41, 5.74) is 4.93. The van der Waals surface area contributed by atoms with E-state index in [1.807, 2.05) is 0 Å². The monoisotopic (exact) mass is 202 g/mol. The van der Waals surface area contributed by atoms with E-state index in [-0.39, 0.29) is 6.61 Å². The van der Waals surface area contributed by atoms with Crippen LogP contribution >= 0.6 is 0 Å². The Morgan fingerprint density at radius 1 is 1.43 bits per heavy atom. The van der Waals surface area contributed by atoms with Crippen LogP contribution in [-0.4, -0.2) is 18.8 Å². The van der Waals surface area contributed by atoms with E-state index >= 15 is 0 Å². The van der Waals surface area contributed by atoms with Gasteiger partial charge in [-0.05, 0) is 24.7 Å². The van der Waals surface area contributed by atoms with Crippen molar-refractivity contribution in [1.82, 2.24) is 5.32 Å². The molecular formula is C9H12F2N2O. The number of nitrogens with one attached hydrogen (secondary N) is 1. The van der Waals surface area contributed by atoms with Crippen LogP contribution < -0.4 is 11.1 Å². The fourth-order valence-corrected chi connectivity index (χ4v) is 1.17. The van der Waals surface area contributed by atoms with E-state index in [1.165, 1.54) is 0 Å². The lowest BCUT2D eigenvalue weighted by Gasteiger charge is -2.14. The Bertz CT molecular complexity index is 304. The minimum Gasteiger partial charge on any atom is -0.394 e. The van der Waals surface area contributed by atoms with Gasteiger partial charge in [-0.2, -0.15) is 0 Å². The lowest BCUT2D eigenvalue weighted by Crippen LogP contribution is -2.20. The molecule has 1 unspecified atom stereocenters. The molecule has 0 heterocycles. The van der Waals surface area contributed by atoms with Gasteiger partial charge in [-0.1, -0.05) is 0 Å². The molecule has 0 aliphatic rings. The summed E-state index contributed by atoms with van der Waals surface area (Å²) in [6.45, 7) is -0.237. The topological polar surface area (TPSA) is 58.3 Å². The third-order valence-electron chi connectivity index (χ3n) is 2.03. The molecule has 1 rings (SSSR count). The summed E-state index contributed by atoms with van der Waals surface area (Å²) < 4.78 is 26.0. The van der Waals surface area contributed by atoms with Crippen molar-refractivity contribution in [2.45, 2.75) is 6.04 Å². The molecule has 4 N–H and O–H groups in total. The second kappa shape index (κ2) is 4.34. The second-order valence-electron chi connectivity index (χ2n) is 2.92. The van der Waals surface area contributed by atoms with Gasteiger partial charge >= 0.3 is 0 Å². The van der Waals surface area contributed by atoms with Gasteiger partial charge in [0.05, 0.1) is 12.6 Å². The van der Waals surface area contributed by atoms with Crippen LogP contribution in [0.15, 0.2) is 12.1 Å². The zero-order valence-electron chi connectivity index (χ0n) is 7.72. The fourth-order valence-electron chi connectivity index (χ4n) is 1.17. The Kier molecular flexibility index (Phi) is 3.38. The summed E-state index contributed by atoms with van der Waals surface area (Å²) in [5, 5.41) is 11.6. The van der Waals surface area contributed by atoms with Gasteiger partial charge in [0.25, 0.3) is 0 Å². The highest BCUT2D eigenvalue weighted by atomic mass is 19.1. The number of nitrogens with two attached hydrogens (primary N) is 1. The van der Waals surface area contributed by atoms with E-state index in [1.54, 1.807) is 7.05 Å². The van der Waals surface area contributed by atoms with Gasteiger partial charge in [-0.25, -0.2) is 8.78 Å².